The third-order valence-corrected chi connectivity index (χ3v) is 6.83. The summed E-state index contributed by atoms with van der Waals surface area (Å²) in [5.74, 6) is 1.75. The quantitative estimate of drug-likeness (QED) is 0.303. The van der Waals surface area contributed by atoms with Crippen molar-refractivity contribution in [3.63, 3.8) is 0 Å². The van der Waals surface area contributed by atoms with Gasteiger partial charge in [-0.1, -0.05) is 45.4 Å². The van der Waals surface area contributed by atoms with E-state index < -0.39 is 11.2 Å². The highest BCUT2D eigenvalue weighted by Crippen LogP contribution is 2.36. The molecule has 0 aliphatic heterocycles. The van der Waals surface area contributed by atoms with Crippen LogP contribution in [0.2, 0.25) is 0 Å². The van der Waals surface area contributed by atoms with Crippen molar-refractivity contribution in [2.24, 2.45) is 11.8 Å². The van der Waals surface area contributed by atoms with E-state index in [1.807, 2.05) is 19.3 Å². The van der Waals surface area contributed by atoms with Gasteiger partial charge >= 0.3 is 0 Å². The van der Waals surface area contributed by atoms with E-state index in [0.29, 0.717) is 0 Å². The van der Waals surface area contributed by atoms with Crippen LogP contribution < -0.4 is 0 Å². The van der Waals surface area contributed by atoms with Crippen molar-refractivity contribution in [2.75, 3.05) is 0 Å². The molecule has 1 nitrogen and oxygen atoms in total. The van der Waals surface area contributed by atoms with Crippen LogP contribution in [0.15, 0.2) is 11.5 Å². The van der Waals surface area contributed by atoms with Crippen molar-refractivity contribution >= 4 is 33.8 Å². The van der Waals surface area contributed by atoms with E-state index in [9.17, 15) is 4.55 Å². The fourth-order valence-electron chi connectivity index (χ4n) is 2.92. The first-order chi connectivity index (χ1) is 8.95. The number of alkyl halides is 1. The number of allylic oxidation sites excluding steroid dienone is 1. The largest absolute Gasteiger partial charge is 0.611 e. The lowest BCUT2D eigenvalue weighted by Crippen LogP contribution is -2.22. The summed E-state index contributed by atoms with van der Waals surface area (Å²) in [6.45, 7) is 6.33. The molecule has 3 atom stereocenters. The van der Waals surface area contributed by atoms with Gasteiger partial charge in [0.1, 0.15) is 5.41 Å². The molecule has 0 spiro atoms. The Morgan fingerprint density at radius 2 is 1.89 bits per heavy atom. The summed E-state index contributed by atoms with van der Waals surface area (Å²) >= 11 is 1.42. The molecule has 1 rings (SSSR count). The van der Waals surface area contributed by atoms with Gasteiger partial charge in [0.2, 0.25) is 0 Å². The molecule has 3 unspecified atom stereocenters. The third kappa shape index (κ3) is 6.85. The molecule has 0 saturated heterocycles. The standard InChI is InChI=1S/C16H29IOS/c1-4-5-9-14-10-6-7-11-15(14)12-8-13-19(18)16(2,3)17/h8,13-15H,4-7,9-12H2,1-3H3/b13-8+. The Morgan fingerprint density at radius 1 is 1.26 bits per heavy atom. The number of rotatable bonds is 7. The Bertz CT molecular complexity index is 272. The Hall–Kier alpha value is 0.780. The molecule has 0 aromatic rings. The Morgan fingerprint density at radius 3 is 2.47 bits per heavy atom. The first-order valence-electron chi connectivity index (χ1n) is 7.71. The first kappa shape index (κ1) is 17.8. The second-order valence-corrected chi connectivity index (χ2v) is 11.5. The van der Waals surface area contributed by atoms with Gasteiger partial charge in [-0.3, -0.25) is 0 Å². The van der Waals surface area contributed by atoms with E-state index in [4.69, 9.17) is 0 Å². The third-order valence-electron chi connectivity index (χ3n) is 4.13. The summed E-state index contributed by atoms with van der Waals surface area (Å²) in [6.07, 6.45) is 13.0. The Balaban J connectivity index is 2.42. The molecule has 0 radical (unpaired) electrons. The second-order valence-electron chi connectivity index (χ2n) is 6.22. The molecule has 0 bridgehead atoms. The minimum absolute atomic E-state index is 0.150. The van der Waals surface area contributed by atoms with Crippen LogP contribution in [0, 0.1) is 11.8 Å². The van der Waals surface area contributed by atoms with Crippen LogP contribution in [0.3, 0.4) is 0 Å². The van der Waals surface area contributed by atoms with Crippen LogP contribution in [0.4, 0.5) is 0 Å². The van der Waals surface area contributed by atoms with Crippen molar-refractivity contribution < 1.29 is 4.55 Å². The molecule has 1 fully saturated rings. The van der Waals surface area contributed by atoms with Gasteiger partial charge in [0.15, 0.2) is 2.75 Å². The molecule has 1 saturated carbocycles. The van der Waals surface area contributed by atoms with Crippen LogP contribution in [-0.2, 0) is 11.2 Å². The highest BCUT2D eigenvalue weighted by atomic mass is 127. The molecule has 112 valence electrons. The van der Waals surface area contributed by atoms with Gasteiger partial charge in [-0.25, -0.2) is 0 Å². The lowest BCUT2D eigenvalue weighted by molar-refractivity contribution is 0.221. The fourth-order valence-corrected chi connectivity index (χ4v) is 3.97. The zero-order chi connectivity index (χ0) is 14.3. The zero-order valence-electron chi connectivity index (χ0n) is 12.7. The molecule has 19 heavy (non-hydrogen) atoms. The molecule has 0 N–H and O–H groups in total. The molecule has 3 heteroatoms. The number of hydrogen-bond donors (Lipinski definition) is 0. The van der Waals surface area contributed by atoms with E-state index in [0.717, 1.165) is 18.3 Å². The molecule has 0 aromatic carbocycles. The van der Waals surface area contributed by atoms with Crippen molar-refractivity contribution in [3.8, 4) is 0 Å². The van der Waals surface area contributed by atoms with Gasteiger partial charge in [-0.2, -0.15) is 0 Å². The maximum absolute atomic E-state index is 12.0. The molecule has 0 amide bonds. The number of halogens is 1. The van der Waals surface area contributed by atoms with Crippen LogP contribution >= 0.6 is 22.6 Å². The van der Waals surface area contributed by atoms with Crippen LogP contribution in [0.1, 0.15) is 72.1 Å². The average Bonchev–Trinajstić information content (AvgIpc) is 2.36. The van der Waals surface area contributed by atoms with Gasteiger partial charge in [0.25, 0.3) is 0 Å². The van der Waals surface area contributed by atoms with Crippen LogP contribution in [-0.4, -0.2) is 7.31 Å². The minimum Gasteiger partial charge on any atom is -0.611 e. The van der Waals surface area contributed by atoms with Crippen molar-refractivity contribution in [1.29, 1.82) is 0 Å². The van der Waals surface area contributed by atoms with Crippen LogP contribution in [0.5, 0.6) is 0 Å². The second kappa shape index (κ2) is 8.93. The first-order valence-corrected chi connectivity index (χ1v) is 10.0. The average molecular weight is 396 g/mol. The summed E-state index contributed by atoms with van der Waals surface area (Å²) in [4.78, 5) is 0. The number of hydrogen-bond acceptors (Lipinski definition) is 1. The lowest BCUT2D eigenvalue weighted by atomic mass is 9.75. The normalized spacial score (nSPS) is 26.8. The van der Waals surface area contributed by atoms with Crippen LogP contribution in [0.25, 0.3) is 0 Å². The highest BCUT2D eigenvalue weighted by Gasteiger charge is 2.27. The lowest BCUT2D eigenvalue weighted by Gasteiger charge is -2.31. The highest BCUT2D eigenvalue weighted by molar-refractivity contribution is 14.1. The summed E-state index contributed by atoms with van der Waals surface area (Å²) in [7, 11) is 0. The van der Waals surface area contributed by atoms with E-state index in [1.54, 1.807) is 0 Å². The Labute approximate surface area is 136 Å². The topological polar surface area (TPSA) is 23.1 Å². The summed E-state index contributed by atoms with van der Waals surface area (Å²) in [5.41, 5.74) is 0. The van der Waals surface area contributed by atoms with Gasteiger partial charge < -0.3 is 4.55 Å². The maximum Gasteiger partial charge on any atom is 0.173 e. The SMILES string of the molecule is CCCCC1CCCCC1C/C=C/[S+]([O-])C(C)(C)I. The minimum atomic E-state index is -0.852. The Kier molecular flexibility index (Phi) is 8.38. The van der Waals surface area contributed by atoms with Crippen molar-refractivity contribution in [2.45, 2.75) is 74.9 Å². The summed E-state index contributed by atoms with van der Waals surface area (Å²) in [6, 6.07) is 0. The molecule has 1 aliphatic rings. The molecular weight excluding hydrogens is 367 g/mol. The monoisotopic (exact) mass is 396 g/mol. The summed E-state index contributed by atoms with van der Waals surface area (Å²) in [5, 5.41) is 1.93. The van der Waals surface area contributed by atoms with Gasteiger partial charge in [0.05, 0.1) is 0 Å². The molecule has 0 heterocycles. The van der Waals surface area contributed by atoms with Crippen molar-refractivity contribution in [3.05, 3.63) is 11.5 Å². The van der Waals surface area contributed by atoms with Gasteiger partial charge in [-0.15, -0.1) is 0 Å². The zero-order valence-corrected chi connectivity index (χ0v) is 15.6. The van der Waals surface area contributed by atoms with E-state index in [-0.39, 0.29) is 2.75 Å². The van der Waals surface area contributed by atoms with E-state index >= 15 is 0 Å². The number of unbranched alkanes of at least 4 members (excludes halogenated alkanes) is 1. The smallest absolute Gasteiger partial charge is 0.173 e. The van der Waals surface area contributed by atoms with Gasteiger partial charge in [-0.05, 0) is 78.4 Å². The van der Waals surface area contributed by atoms with Gasteiger partial charge in [0, 0.05) is 0 Å². The fraction of sp³-hybridized carbons (Fsp3) is 0.875. The summed E-state index contributed by atoms with van der Waals surface area (Å²) < 4.78 is 11.8. The predicted octanol–water partition coefficient (Wildman–Crippen LogP) is 5.81. The predicted molar refractivity (Wildman–Crippen MR) is 95.0 cm³/mol. The maximum atomic E-state index is 12.0. The van der Waals surface area contributed by atoms with E-state index in [2.05, 4.69) is 35.6 Å². The molecular formula is C16H29IOS. The molecule has 0 aromatic heterocycles. The van der Waals surface area contributed by atoms with Crippen molar-refractivity contribution in [1.82, 2.24) is 0 Å². The molecule has 1 aliphatic carbocycles. The van der Waals surface area contributed by atoms with E-state index in [1.165, 1.54) is 44.9 Å².